The van der Waals surface area contributed by atoms with Crippen LogP contribution in [0.1, 0.15) is 63.3 Å². The van der Waals surface area contributed by atoms with E-state index in [1.807, 2.05) is 74.7 Å². The van der Waals surface area contributed by atoms with Gasteiger partial charge in [0, 0.05) is 13.1 Å². The van der Waals surface area contributed by atoms with Crippen LogP contribution in [-0.2, 0) is 20.9 Å². The summed E-state index contributed by atoms with van der Waals surface area (Å²) in [6.45, 7) is 9.95. The molecule has 2 aromatic rings. The molecule has 0 heterocycles. The molecule has 2 unspecified atom stereocenters. The fraction of sp³-hybridized carbons (Fsp3) is 0.483. The van der Waals surface area contributed by atoms with E-state index in [-0.39, 0.29) is 11.8 Å². The number of aryl methyl sites for hydroxylation is 1. The van der Waals surface area contributed by atoms with Crippen molar-refractivity contribution in [1.82, 2.24) is 15.5 Å². The fourth-order valence-electron chi connectivity index (χ4n) is 3.98. The number of ether oxygens (including phenoxy) is 1. The van der Waals surface area contributed by atoms with Crippen molar-refractivity contribution < 1.29 is 19.1 Å². The molecule has 0 radical (unpaired) electrons. The minimum absolute atomic E-state index is 0.263. The zero-order valence-electron chi connectivity index (χ0n) is 22.9. The van der Waals surface area contributed by atoms with Crippen LogP contribution in [0.3, 0.4) is 0 Å². The van der Waals surface area contributed by atoms with E-state index in [0.717, 1.165) is 16.7 Å². The monoisotopic (exact) mass is 527 g/mol. The third-order valence-corrected chi connectivity index (χ3v) is 6.34. The first kappa shape index (κ1) is 30.2. The van der Waals surface area contributed by atoms with Crippen molar-refractivity contribution in [3.63, 3.8) is 0 Å². The van der Waals surface area contributed by atoms with Gasteiger partial charge in [-0.15, -0.1) is 0 Å². The van der Waals surface area contributed by atoms with Gasteiger partial charge in [-0.3, -0.25) is 9.59 Å². The summed E-state index contributed by atoms with van der Waals surface area (Å²) >= 11 is 1.59. The van der Waals surface area contributed by atoms with Crippen LogP contribution in [0, 0.1) is 6.92 Å². The van der Waals surface area contributed by atoms with E-state index in [0.29, 0.717) is 31.7 Å². The van der Waals surface area contributed by atoms with Crippen molar-refractivity contribution in [3.05, 3.63) is 71.3 Å². The first-order valence-electron chi connectivity index (χ1n) is 12.7. The Morgan fingerprint density at radius 1 is 1.03 bits per heavy atom. The lowest BCUT2D eigenvalue weighted by molar-refractivity contribution is -0.142. The van der Waals surface area contributed by atoms with Crippen LogP contribution in [0.15, 0.2) is 54.6 Å². The van der Waals surface area contributed by atoms with Crippen LogP contribution in [0.25, 0.3) is 0 Å². The summed E-state index contributed by atoms with van der Waals surface area (Å²) in [5.74, 6) is 0.104. The number of nitrogens with zero attached hydrogens (tertiary/aromatic N) is 1. The molecule has 202 valence electrons. The highest BCUT2D eigenvalue weighted by Gasteiger charge is 2.36. The topological polar surface area (TPSA) is 87.7 Å². The van der Waals surface area contributed by atoms with Crippen LogP contribution >= 0.6 is 11.8 Å². The fourth-order valence-corrected chi connectivity index (χ4v) is 4.45. The summed E-state index contributed by atoms with van der Waals surface area (Å²) in [6, 6.07) is 15.6. The van der Waals surface area contributed by atoms with Gasteiger partial charge in [0.25, 0.3) is 0 Å². The van der Waals surface area contributed by atoms with Gasteiger partial charge in [0.05, 0.1) is 0 Å². The molecular formula is C29H41N3O4S. The Labute approximate surface area is 225 Å². The minimum Gasteiger partial charge on any atom is -0.444 e. The third-order valence-electron chi connectivity index (χ3n) is 5.70. The molecule has 0 saturated heterocycles. The molecule has 7 nitrogen and oxygen atoms in total. The number of benzene rings is 2. The van der Waals surface area contributed by atoms with Gasteiger partial charge in [-0.1, -0.05) is 61.5 Å². The van der Waals surface area contributed by atoms with Crippen LogP contribution in [0.2, 0.25) is 0 Å². The molecule has 0 fully saturated rings. The van der Waals surface area contributed by atoms with Crippen molar-refractivity contribution in [3.8, 4) is 0 Å². The molecule has 2 atom stereocenters. The average molecular weight is 528 g/mol. The standard InChI is InChI=1S/C29H41N3O4S/c1-7-18-32(27(34)24(17-19-37-6)31-28(35)36-29(3,4)5)25(23-16-12-11-13-21(23)2)26(33)30-20-22-14-9-8-10-15-22/h8-16,24-25H,7,17-20H2,1-6H3,(H,30,33)(H,31,35). The smallest absolute Gasteiger partial charge is 0.408 e. The van der Waals surface area contributed by atoms with Crippen molar-refractivity contribution in [2.75, 3.05) is 18.6 Å². The van der Waals surface area contributed by atoms with Gasteiger partial charge in [-0.2, -0.15) is 11.8 Å². The second kappa shape index (κ2) is 14.7. The summed E-state index contributed by atoms with van der Waals surface area (Å²) < 4.78 is 5.43. The zero-order chi connectivity index (χ0) is 27.4. The van der Waals surface area contributed by atoms with Crippen LogP contribution < -0.4 is 10.6 Å². The van der Waals surface area contributed by atoms with Crippen LogP contribution in [0.5, 0.6) is 0 Å². The molecule has 0 aliphatic carbocycles. The normalized spacial score (nSPS) is 12.8. The molecule has 0 saturated carbocycles. The number of thioether (sulfide) groups is 1. The third kappa shape index (κ3) is 9.76. The van der Waals surface area contributed by atoms with E-state index in [1.54, 1.807) is 37.4 Å². The van der Waals surface area contributed by atoms with E-state index in [1.165, 1.54) is 0 Å². The van der Waals surface area contributed by atoms with Crippen molar-refractivity contribution in [2.45, 2.75) is 71.7 Å². The summed E-state index contributed by atoms with van der Waals surface area (Å²) in [5.41, 5.74) is 1.95. The summed E-state index contributed by atoms with van der Waals surface area (Å²) in [6.07, 6.45) is 2.38. The minimum atomic E-state index is -0.838. The Balaban J connectivity index is 2.41. The van der Waals surface area contributed by atoms with Crippen molar-refractivity contribution in [2.24, 2.45) is 0 Å². The molecular weight excluding hydrogens is 486 g/mol. The van der Waals surface area contributed by atoms with Crippen LogP contribution in [0.4, 0.5) is 4.79 Å². The zero-order valence-corrected chi connectivity index (χ0v) is 23.7. The maximum Gasteiger partial charge on any atom is 0.408 e. The van der Waals surface area contributed by atoms with Gasteiger partial charge in [0.15, 0.2) is 0 Å². The Kier molecular flexibility index (Phi) is 12.0. The summed E-state index contributed by atoms with van der Waals surface area (Å²) in [5, 5.41) is 5.79. The molecule has 0 aliphatic heterocycles. The number of rotatable bonds is 12. The molecule has 8 heteroatoms. The maximum absolute atomic E-state index is 14.0. The number of carbonyl (C=O) groups excluding carboxylic acids is 3. The highest BCUT2D eigenvalue weighted by Crippen LogP contribution is 2.26. The number of carbonyl (C=O) groups is 3. The Bertz CT molecular complexity index is 1020. The molecule has 0 spiro atoms. The first-order chi connectivity index (χ1) is 17.6. The number of nitrogens with one attached hydrogen (secondary N) is 2. The molecule has 3 amide bonds. The maximum atomic E-state index is 14.0. The number of amides is 3. The molecule has 0 bridgehead atoms. The van der Waals surface area contributed by atoms with Crippen molar-refractivity contribution in [1.29, 1.82) is 0 Å². The molecule has 0 aromatic heterocycles. The van der Waals surface area contributed by atoms with E-state index < -0.39 is 23.8 Å². The molecule has 37 heavy (non-hydrogen) atoms. The van der Waals surface area contributed by atoms with E-state index in [4.69, 9.17) is 4.74 Å². The molecule has 2 rings (SSSR count). The van der Waals surface area contributed by atoms with Gasteiger partial charge < -0.3 is 20.3 Å². The van der Waals surface area contributed by atoms with Gasteiger partial charge in [0.1, 0.15) is 17.7 Å². The highest BCUT2D eigenvalue weighted by molar-refractivity contribution is 7.98. The molecule has 0 aliphatic rings. The van der Waals surface area contributed by atoms with Gasteiger partial charge in [0.2, 0.25) is 11.8 Å². The largest absolute Gasteiger partial charge is 0.444 e. The first-order valence-corrected chi connectivity index (χ1v) is 14.1. The Morgan fingerprint density at radius 3 is 2.27 bits per heavy atom. The van der Waals surface area contributed by atoms with E-state index in [9.17, 15) is 14.4 Å². The Hall–Kier alpha value is -3.00. The second-order valence-corrected chi connectivity index (χ2v) is 11.0. The quantitative estimate of drug-likeness (QED) is 0.394. The number of alkyl carbamates (subject to hydrolysis) is 1. The average Bonchev–Trinajstić information content (AvgIpc) is 2.85. The highest BCUT2D eigenvalue weighted by atomic mass is 32.2. The van der Waals surface area contributed by atoms with Gasteiger partial charge in [-0.05, 0) is 69.2 Å². The lowest BCUT2D eigenvalue weighted by atomic mass is 9.97. The van der Waals surface area contributed by atoms with Gasteiger partial charge in [-0.25, -0.2) is 4.79 Å². The molecule has 2 aromatic carbocycles. The summed E-state index contributed by atoms with van der Waals surface area (Å²) in [7, 11) is 0. The van der Waals surface area contributed by atoms with Crippen molar-refractivity contribution >= 4 is 29.7 Å². The van der Waals surface area contributed by atoms with E-state index in [2.05, 4.69) is 10.6 Å². The lowest BCUT2D eigenvalue weighted by Crippen LogP contribution is -2.53. The van der Waals surface area contributed by atoms with E-state index >= 15 is 0 Å². The molecule has 2 N–H and O–H groups in total. The number of hydrogen-bond acceptors (Lipinski definition) is 5. The number of hydrogen-bond donors (Lipinski definition) is 2. The predicted molar refractivity (Wildman–Crippen MR) is 150 cm³/mol. The van der Waals surface area contributed by atoms with Gasteiger partial charge >= 0.3 is 6.09 Å². The summed E-state index contributed by atoms with van der Waals surface area (Å²) in [4.78, 5) is 41.9. The Morgan fingerprint density at radius 2 is 1.68 bits per heavy atom. The SMILES string of the molecule is CCCN(C(=O)C(CCSC)NC(=O)OC(C)(C)C)C(C(=O)NCc1ccccc1)c1ccccc1C. The van der Waals surface area contributed by atoms with Crippen LogP contribution in [-0.4, -0.2) is 53.0 Å². The second-order valence-electron chi connectivity index (χ2n) is 9.97. The predicted octanol–water partition coefficient (Wildman–Crippen LogP) is 5.24. The lowest BCUT2D eigenvalue weighted by Gasteiger charge is -2.35.